The predicted molar refractivity (Wildman–Crippen MR) is 83.6 cm³/mol. The zero-order valence-corrected chi connectivity index (χ0v) is 14.5. The Morgan fingerprint density at radius 1 is 1.05 bits per heavy atom. The maximum atomic E-state index is 12.3. The molecule has 0 amide bonds. The minimum atomic E-state index is -1.32. The van der Waals surface area contributed by atoms with Crippen LogP contribution in [0.2, 0.25) is 10.0 Å². The van der Waals surface area contributed by atoms with Crippen LogP contribution in [-0.2, 0) is 19.1 Å². The quantitative estimate of drug-likeness (QED) is 0.614. The molecule has 0 fully saturated rings. The predicted octanol–water partition coefficient (Wildman–Crippen LogP) is 3.60. The molecule has 1 unspecified atom stereocenters. The summed E-state index contributed by atoms with van der Waals surface area (Å²) in [6.07, 6.45) is 0. The van der Waals surface area contributed by atoms with Crippen LogP contribution in [0.4, 0.5) is 0 Å². The van der Waals surface area contributed by atoms with Crippen LogP contribution >= 0.6 is 23.2 Å². The Balaban J connectivity index is 3.35. The number of hydrogen-bond donors (Lipinski definition) is 0. The maximum absolute atomic E-state index is 12.3. The van der Waals surface area contributed by atoms with E-state index in [1.807, 2.05) is 0 Å². The van der Waals surface area contributed by atoms with Gasteiger partial charge in [-0.15, -0.1) is 0 Å². The van der Waals surface area contributed by atoms with Crippen molar-refractivity contribution < 1.29 is 23.8 Å². The minimum absolute atomic E-state index is 0.145. The molecule has 1 aromatic carbocycles. The van der Waals surface area contributed by atoms with E-state index in [0.717, 1.165) is 0 Å². The van der Waals surface area contributed by atoms with Gasteiger partial charge < -0.3 is 14.2 Å². The second-order valence-corrected chi connectivity index (χ2v) is 6.31. The standard InChI is InChI=1S/C15H18Cl2O5/c1-15(2,3)22-14(19)12(13(18)21-5)8-6-11(20-4)10(17)7-9(8)16/h6-7,12H,1-5H3. The number of ether oxygens (including phenoxy) is 3. The van der Waals surface area contributed by atoms with Gasteiger partial charge >= 0.3 is 11.9 Å². The molecule has 22 heavy (non-hydrogen) atoms. The first kappa shape index (κ1) is 18.6. The third kappa shape index (κ3) is 4.52. The molecule has 1 aromatic rings. The first-order valence-corrected chi connectivity index (χ1v) is 7.20. The number of esters is 2. The fourth-order valence-electron chi connectivity index (χ4n) is 1.75. The van der Waals surface area contributed by atoms with E-state index in [-0.39, 0.29) is 15.6 Å². The highest BCUT2D eigenvalue weighted by Gasteiger charge is 2.36. The highest BCUT2D eigenvalue weighted by Crippen LogP contribution is 2.36. The van der Waals surface area contributed by atoms with Crippen LogP contribution in [0.1, 0.15) is 32.3 Å². The lowest BCUT2D eigenvalue weighted by molar-refractivity contribution is -0.163. The average molecular weight is 349 g/mol. The van der Waals surface area contributed by atoms with Crippen molar-refractivity contribution in [2.75, 3.05) is 14.2 Å². The van der Waals surface area contributed by atoms with Gasteiger partial charge in [0.05, 0.1) is 19.2 Å². The second-order valence-electron chi connectivity index (χ2n) is 5.50. The van der Waals surface area contributed by atoms with E-state index < -0.39 is 23.5 Å². The normalized spacial score (nSPS) is 12.5. The molecule has 0 saturated heterocycles. The van der Waals surface area contributed by atoms with Gasteiger partial charge in [-0.25, -0.2) is 0 Å². The molecule has 0 spiro atoms. The summed E-state index contributed by atoms with van der Waals surface area (Å²) in [5.74, 6) is -2.56. The largest absolute Gasteiger partial charge is 0.495 e. The number of rotatable bonds is 4. The summed E-state index contributed by atoms with van der Waals surface area (Å²) < 4.78 is 15.0. The molecule has 5 nitrogen and oxygen atoms in total. The molecular formula is C15H18Cl2O5. The molecule has 0 N–H and O–H groups in total. The summed E-state index contributed by atoms with van der Waals surface area (Å²) in [6.45, 7) is 5.09. The third-order valence-electron chi connectivity index (χ3n) is 2.66. The zero-order valence-electron chi connectivity index (χ0n) is 13.0. The lowest BCUT2D eigenvalue weighted by Crippen LogP contribution is -2.32. The van der Waals surface area contributed by atoms with E-state index >= 15 is 0 Å². The number of carbonyl (C=O) groups is 2. The van der Waals surface area contributed by atoms with Crippen molar-refractivity contribution in [3.8, 4) is 5.75 Å². The van der Waals surface area contributed by atoms with Crippen LogP contribution in [0.5, 0.6) is 5.75 Å². The van der Waals surface area contributed by atoms with Gasteiger partial charge in [0.1, 0.15) is 11.4 Å². The topological polar surface area (TPSA) is 61.8 Å². The van der Waals surface area contributed by atoms with Crippen molar-refractivity contribution in [3.05, 3.63) is 27.7 Å². The Bertz CT molecular complexity index is 578. The molecule has 1 atom stereocenters. The van der Waals surface area contributed by atoms with Gasteiger partial charge in [0.15, 0.2) is 5.92 Å². The lowest BCUT2D eigenvalue weighted by atomic mass is 9.98. The van der Waals surface area contributed by atoms with Gasteiger partial charge in [-0.05, 0) is 38.5 Å². The summed E-state index contributed by atoms with van der Waals surface area (Å²) in [5, 5.41) is 0.413. The molecule has 7 heteroatoms. The van der Waals surface area contributed by atoms with Gasteiger partial charge in [-0.3, -0.25) is 9.59 Å². The summed E-state index contributed by atoms with van der Waals surface area (Å²) in [6, 6.07) is 2.83. The van der Waals surface area contributed by atoms with E-state index in [2.05, 4.69) is 4.74 Å². The molecule has 1 rings (SSSR count). The Morgan fingerprint density at radius 2 is 1.64 bits per heavy atom. The average Bonchev–Trinajstić information content (AvgIpc) is 2.39. The van der Waals surface area contributed by atoms with E-state index in [1.165, 1.54) is 26.4 Å². The van der Waals surface area contributed by atoms with Crippen molar-refractivity contribution in [2.45, 2.75) is 32.3 Å². The Morgan fingerprint density at radius 3 is 2.09 bits per heavy atom. The second kappa shape index (κ2) is 7.20. The van der Waals surface area contributed by atoms with Crippen molar-refractivity contribution in [1.29, 1.82) is 0 Å². The molecule has 0 aromatic heterocycles. The van der Waals surface area contributed by atoms with E-state index in [0.29, 0.717) is 5.75 Å². The molecule has 0 aliphatic carbocycles. The van der Waals surface area contributed by atoms with Crippen LogP contribution in [0, 0.1) is 0 Å². The number of methoxy groups -OCH3 is 2. The molecule has 0 aliphatic rings. The summed E-state index contributed by atoms with van der Waals surface area (Å²) in [5.41, 5.74) is -0.546. The molecule has 0 radical (unpaired) electrons. The van der Waals surface area contributed by atoms with Crippen LogP contribution in [0.15, 0.2) is 12.1 Å². The summed E-state index contributed by atoms with van der Waals surface area (Å²) in [4.78, 5) is 24.4. The molecule has 0 saturated carbocycles. The van der Waals surface area contributed by atoms with Gasteiger partial charge in [-0.1, -0.05) is 23.2 Å². The van der Waals surface area contributed by atoms with Crippen LogP contribution < -0.4 is 4.74 Å². The van der Waals surface area contributed by atoms with Gasteiger partial charge in [-0.2, -0.15) is 0 Å². The minimum Gasteiger partial charge on any atom is -0.495 e. The Kier molecular flexibility index (Phi) is 6.08. The molecule has 0 heterocycles. The number of halogens is 2. The number of benzene rings is 1. The SMILES string of the molecule is COC(=O)C(C(=O)OC(C)(C)C)c1cc(OC)c(Cl)cc1Cl. The maximum Gasteiger partial charge on any atom is 0.325 e. The van der Waals surface area contributed by atoms with Crippen molar-refractivity contribution in [1.82, 2.24) is 0 Å². The smallest absolute Gasteiger partial charge is 0.325 e. The first-order chi connectivity index (χ1) is 10.1. The summed E-state index contributed by atoms with van der Waals surface area (Å²) in [7, 11) is 2.60. The molecular weight excluding hydrogens is 331 g/mol. The van der Waals surface area contributed by atoms with E-state index in [1.54, 1.807) is 20.8 Å². The fraction of sp³-hybridized carbons (Fsp3) is 0.467. The first-order valence-electron chi connectivity index (χ1n) is 6.44. The highest BCUT2D eigenvalue weighted by atomic mass is 35.5. The number of hydrogen-bond acceptors (Lipinski definition) is 5. The Hall–Kier alpha value is -1.46. The molecule has 0 aliphatic heterocycles. The lowest BCUT2D eigenvalue weighted by Gasteiger charge is -2.23. The highest BCUT2D eigenvalue weighted by molar-refractivity contribution is 6.36. The zero-order chi connectivity index (χ0) is 17.1. The van der Waals surface area contributed by atoms with Crippen molar-refractivity contribution in [3.63, 3.8) is 0 Å². The third-order valence-corrected chi connectivity index (χ3v) is 3.28. The molecule has 0 bridgehead atoms. The van der Waals surface area contributed by atoms with Gasteiger partial charge in [0.25, 0.3) is 0 Å². The summed E-state index contributed by atoms with van der Waals surface area (Å²) >= 11 is 12.1. The van der Waals surface area contributed by atoms with Crippen LogP contribution in [0.25, 0.3) is 0 Å². The van der Waals surface area contributed by atoms with E-state index in [4.69, 9.17) is 32.7 Å². The van der Waals surface area contributed by atoms with E-state index in [9.17, 15) is 9.59 Å². The van der Waals surface area contributed by atoms with Crippen LogP contribution in [-0.4, -0.2) is 31.8 Å². The van der Waals surface area contributed by atoms with Gasteiger partial charge in [0, 0.05) is 5.02 Å². The Labute approximate surface area is 139 Å². The monoisotopic (exact) mass is 348 g/mol. The number of carbonyl (C=O) groups excluding carboxylic acids is 2. The van der Waals surface area contributed by atoms with Crippen molar-refractivity contribution >= 4 is 35.1 Å². The van der Waals surface area contributed by atoms with Gasteiger partial charge in [0.2, 0.25) is 0 Å². The van der Waals surface area contributed by atoms with Crippen LogP contribution in [0.3, 0.4) is 0 Å². The molecule has 122 valence electrons. The van der Waals surface area contributed by atoms with Crippen molar-refractivity contribution in [2.24, 2.45) is 0 Å². The fourth-order valence-corrected chi connectivity index (χ4v) is 2.32.